The van der Waals surface area contributed by atoms with E-state index in [1.165, 1.54) is 12.1 Å². The van der Waals surface area contributed by atoms with Gasteiger partial charge in [-0.25, -0.2) is 8.78 Å². The van der Waals surface area contributed by atoms with E-state index in [2.05, 4.69) is 10.6 Å². The Labute approximate surface area is 91.8 Å². The second kappa shape index (κ2) is 4.57. The number of benzene rings is 1. The minimum absolute atomic E-state index is 0.0245. The molecule has 1 fully saturated rings. The quantitative estimate of drug-likeness (QED) is 0.800. The summed E-state index contributed by atoms with van der Waals surface area (Å²) in [6.07, 6.45) is 0. The van der Waals surface area contributed by atoms with Crippen molar-refractivity contribution in [2.24, 2.45) is 5.92 Å². The molecular weight excluding hydrogens is 214 g/mol. The van der Waals surface area contributed by atoms with Crippen LogP contribution < -0.4 is 10.6 Å². The van der Waals surface area contributed by atoms with E-state index in [4.69, 9.17) is 0 Å². The number of nitrogens with one attached hydrogen (secondary N) is 2. The number of rotatable bonds is 3. The van der Waals surface area contributed by atoms with Gasteiger partial charge in [-0.15, -0.1) is 0 Å². The van der Waals surface area contributed by atoms with E-state index in [9.17, 15) is 13.6 Å². The van der Waals surface area contributed by atoms with Crippen LogP contribution in [0.2, 0.25) is 0 Å². The first kappa shape index (κ1) is 11.0. The average molecular weight is 226 g/mol. The van der Waals surface area contributed by atoms with Gasteiger partial charge in [0, 0.05) is 31.3 Å². The standard InChI is InChI=1S/C11H12F2N2O/c12-9-2-1-7(10(13)3-9)6-15-11(16)8-4-14-5-8/h1-3,8,14H,4-6H2,(H,15,16). The van der Waals surface area contributed by atoms with Crippen molar-refractivity contribution in [3.05, 3.63) is 35.4 Å². The molecule has 1 aliphatic heterocycles. The lowest BCUT2D eigenvalue weighted by Crippen LogP contribution is -2.50. The van der Waals surface area contributed by atoms with Crippen LogP contribution in [0.4, 0.5) is 8.78 Å². The Hall–Kier alpha value is -1.49. The summed E-state index contributed by atoms with van der Waals surface area (Å²) in [7, 11) is 0. The van der Waals surface area contributed by atoms with Crippen molar-refractivity contribution in [3.8, 4) is 0 Å². The molecule has 1 heterocycles. The number of hydrogen-bond acceptors (Lipinski definition) is 2. The zero-order chi connectivity index (χ0) is 11.5. The molecule has 0 spiro atoms. The minimum atomic E-state index is -0.632. The highest BCUT2D eigenvalue weighted by Gasteiger charge is 2.24. The SMILES string of the molecule is O=C(NCc1ccc(F)cc1F)C1CNC1. The molecule has 1 aliphatic rings. The average Bonchev–Trinajstić information content (AvgIpc) is 2.13. The van der Waals surface area contributed by atoms with Gasteiger partial charge in [0.05, 0.1) is 5.92 Å². The maximum absolute atomic E-state index is 13.2. The first-order valence-electron chi connectivity index (χ1n) is 5.09. The van der Waals surface area contributed by atoms with Crippen LogP contribution in [-0.2, 0) is 11.3 Å². The number of amides is 1. The third-order valence-corrected chi connectivity index (χ3v) is 2.62. The summed E-state index contributed by atoms with van der Waals surface area (Å²) >= 11 is 0. The fraction of sp³-hybridized carbons (Fsp3) is 0.364. The monoisotopic (exact) mass is 226 g/mol. The smallest absolute Gasteiger partial charge is 0.225 e. The van der Waals surface area contributed by atoms with Crippen molar-refractivity contribution in [1.82, 2.24) is 10.6 Å². The van der Waals surface area contributed by atoms with Gasteiger partial charge in [-0.2, -0.15) is 0 Å². The topological polar surface area (TPSA) is 41.1 Å². The summed E-state index contributed by atoms with van der Waals surface area (Å²) in [5.74, 6) is -1.37. The van der Waals surface area contributed by atoms with E-state index in [0.717, 1.165) is 6.07 Å². The van der Waals surface area contributed by atoms with Crippen molar-refractivity contribution < 1.29 is 13.6 Å². The lowest BCUT2D eigenvalue weighted by Gasteiger charge is -2.25. The maximum atomic E-state index is 13.2. The number of halogens is 2. The molecule has 0 aliphatic carbocycles. The van der Waals surface area contributed by atoms with Crippen LogP contribution in [0.25, 0.3) is 0 Å². The number of hydrogen-bond donors (Lipinski definition) is 2. The van der Waals surface area contributed by atoms with Crippen LogP contribution >= 0.6 is 0 Å². The molecule has 0 aromatic heterocycles. The van der Waals surface area contributed by atoms with Gasteiger partial charge in [-0.1, -0.05) is 6.07 Å². The predicted octanol–water partition coefficient (Wildman–Crippen LogP) is 0.800. The van der Waals surface area contributed by atoms with Crippen LogP contribution in [-0.4, -0.2) is 19.0 Å². The van der Waals surface area contributed by atoms with Crippen molar-refractivity contribution in [3.63, 3.8) is 0 Å². The second-order valence-electron chi connectivity index (χ2n) is 3.81. The van der Waals surface area contributed by atoms with Gasteiger partial charge in [0.25, 0.3) is 0 Å². The summed E-state index contributed by atoms with van der Waals surface area (Å²) in [5, 5.41) is 5.59. The highest BCUT2D eigenvalue weighted by Crippen LogP contribution is 2.10. The third kappa shape index (κ3) is 2.36. The van der Waals surface area contributed by atoms with Gasteiger partial charge < -0.3 is 10.6 Å². The molecule has 0 radical (unpaired) electrons. The number of carbonyl (C=O) groups excluding carboxylic acids is 1. The molecule has 0 atom stereocenters. The van der Waals surface area contributed by atoms with E-state index in [1.54, 1.807) is 0 Å². The number of carbonyl (C=O) groups is 1. The van der Waals surface area contributed by atoms with Crippen LogP contribution in [0.5, 0.6) is 0 Å². The van der Waals surface area contributed by atoms with Crippen molar-refractivity contribution >= 4 is 5.91 Å². The van der Waals surface area contributed by atoms with Gasteiger partial charge in [-0.3, -0.25) is 4.79 Å². The van der Waals surface area contributed by atoms with Gasteiger partial charge in [0.15, 0.2) is 0 Å². The van der Waals surface area contributed by atoms with Gasteiger partial charge in [-0.05, 0) is 6.07 Å². The molecule has 1 aromatic rings. The van der Waals surface area contributed by atoms with Crippen LogP contribution in [0.1, 0.15) is 5.56 Å². The fourth-order valence-electron chi connectivity index (χ4n) is 1.47. The summed E-state index contributed by atoms with van der Waals surface area (Å²) in [4.78, 5) is 11.4. The van der Waals surface area contributed by atoms with Crippen LogP contribution in [0.15, 0.2) is 18.2 Å². The molecule has 1 aromatic carbocycles. The molecule has 86 valence electrons. The molecule has 0 bridgehead atoms. The van der Waals surface area contributed by atoms with E-state index in [1.807, 2.05) is 0 Å². The molecule has 2 rings (SSSR count). The second-order valence-corrected chi connectivity index (χ2v) is 3.81. The highest BCUT2D eigenvalue weighted by atomic mass is 19.1. The lowest BCUT2D eigenvalue weighted by atomic mass is 10.0. The Morgan fingerprint density at radius 2 is 2.19 bits per heavy atom. The molecule has 16 heavy (non-hydrogen) atoms. The normalized spacial score (nSPS) is 15.6. The Balaban J connectivity index is 1.91. The van der Waals surface area contributed by atoms with Gasteiger partial charge in [0.2, 0.25) is 5.91 Å². The molecule has 3 nitrogen and oxygen atoms in total. The first-order valence-corrected chi connectivity index (χ1v) is 5.09. The highest BCUT2D eigenvalue weighted by molar-refractivity contribution is 5.79. The van der Waals surface area contributed by atoms with Crippen LogP contribution in [0, 0.1) is 17.6 Å². The van der Waals surface area contributed by atoms with E-state index >= 15 is 0 Å². The molecule has 1 amide bonds. The molecular formula is C11H12F2N2O. The van der Waals surface area contributed by atoms with Crippen molar-refractivity contribution in [2.45, 2.75) is 6.54 Å². The zero-order valence-corrected chi connectivity index (χ0v) is 8.59. The van der Waals surface area contributed by atoms with Gasteiger partial charge in [0.1, 0.15) is 11.6 Å². The fourth-order valence-corrected chi connectivity index (χ4v) is 1.47. The van der Waals surface area contributed by atoms with E-state index in [-0.39, 0.29) is 18.4 Å². The molecule has 0 saturated carbocycles. The molecule has 0 unspecified atom stereocenters. The minimum Gasteiger partial charge on any atom is -0.352 e. The molecule has 2 N–H and O–H groups in total. The van der Waals surface area contributed by atoms with E-state index < -0.39 is 11.6 Å². The summed E-state index contributed by atoms with van der Waals surface area (Å²) in [6.45, 7) is 1.43. The Kier molecular flexibility index (Phi) is 3.14. The largest absolute Gasteiger partial charge is 0.352 e. The predicted molar refractivity (Wildman–Crippen MR) is 54.6 cm³/mol. The summed E-state index contributed by atoms with van der Waals surface area (Å²) in [5.41, 5.74) is 0.294. The summed E-state index contributed by atoms with van der Waals surface area (Å²) < 4.78 is 25.8. The van der Waals surface area contributed by atoms with Crippen molar-refractivity contribution in [2.75, 3.05) is 13.1 Å². The lowest BCUT2D eigenvalue weighted by molar-refractivity contribution is -0.126. The first-order chi connectivity index (χ1) is 7.66. The Bertz CT molecular complexity index is 405. The summed E-state index contributed by atoms with van der Waals surface area (Å²) in [6, 6.07) is 3.33. The maximum Gasteiger partial charge on any atom is 0.225 e. The van der Waals surface area contributed by atoms with Gasteiger partial charge >= 0.3 is 0 Å². The Morgan fingerprint density at radius 1 is 1.44 bits per heavy atom. The Morgan fingerprint density at radius 3 is 2.75 bits per heavy atom. The zero-order valence-electron chi connectivity index (χ0n) is 8.59. The van der Waals surface area contributed by atoms with Crippen LogP contribution in [0.3, 0.4) is 0 Å². The third-order valence-electron chi connectivity index (χ3n) is 2.62. The molecule has 5 heteroatoms. The molecule has 1 saturated heterocycles. The van der Waals surface area contributed by atoms with Crippen molar-refractivity contribution in [1.29, 1.82) is 0 Å². The van der Waals surface area contributed by atoms with E-state index in [0.29, 0.717) is 18.7 Å².